The van der Waals surface area contributed by atoms with Gasteiger partial charge in [0.25, 0.3) is 0 Å². The Balaban J connectivity index is 1.90. The van der Waals surface area contributed by atoms with E-state index >= 15 is 0 Å². The molecule has 0 radical (unpaired) electrons. The van der Waals surface area contributed by atoms with Crippen molar-refractivity contribution in [1.82, 2.24) is 10.3 Å². The smallest absolute Gasteiger partial charge is 0.0623 e. The predicted molar refractivity (Wildman–Crippen MR) is 50.6 cm³/mol. The maximum absolute atomic E-state index is 5.37. The minimum Gasteiger partial charge on any atom is -0.379 e. The van der Waals surface area contributed by atoms with Gasteiger partial charge in [0.2, 0.25) is 0 Å². The van der Waals surface area contributed by atoms with Crippen LogP contribution in [0, 0.1) is 0 Å². The van der Waals surface area contributed by atoms with Crippen molar-refractivity contribution in [3.8, 4) is 0 Å². The molecule has 1 fully saturated rings. The van der Waals surface area contributed by atoms with Crippen molar-refractivity contribution in [3.63, 3.8) is 0 Å². The Labute approximate surface area is 78.1 Å². The van der Waals surface area contributed by atoms with Crippen LogP contribution in [0.25, 0.3) is 0 Å². The van der Waals surface area contributed by atoms with Gasteiger partial charge in [-0.25, -0.2) is 0 Å². The SMILES string of the molecule is c1cncc(CC2COCCN2)c1. The molecule has 70 valence electrons. The first-order chi connectivity index (χ1) is 6.45. The summed E-state index contributed by atoms with van der Waals surface area (Å²) in [6.45, 7) is 2.61. The molecular weight excluding hydrogens is 164 g/mol. The van der Waals surface area contributed by atoms with Gasteiger partial charge in [-0.3, -0.25) is 4.98 Å². The van der Waals surface area contributed by atoms with Gasteiger partial charge in [-0.1, -0.05) is 6.07 Å². The van der Waals surface area contributed by atoms with Crippen LogP contribution in [-0.4, -0.2) is 30.8 Å². The van der Waals surface area contributed by atoms with Crippen LogP contribution in [0.2, 0.25) is 0 Å². The maximum Gasteiger partial charge on any atom is 0.0623 e. The number of morpholine rings is 1. The van der Waals surface area contributed by atoms with Crippen LogP contribution in [0.3, 0.4) is 0 Å². The fourth-order valence-corrected chi connectivity index (χ4v) is 1.55. The average Bonchev–Trinajstić information content (AvgIpc) is 2.21. The molecule has 0 aliphatic carbocycles. The Morgan fingerprint density at radius 1 is 1.62 bits per heavy atom. The van der Waals surface area contributed by atoms with Gasteiger partial charge in [0.1, 0.15) is 0 Å². The van der Waals surface area contributed by atoms with Gasteiger partial charge in [0, 0.05) is 25.0 Å². The van der Waals surface area contributed by atoms with Crippen LogP contribution in [0.5, 0.6) is 0 Å². The second kappa shape index (κ2) is 4.35. The zero-order chi connectivity index (χ0) is 8.93. The lowest BCUT2D eigenvalue weighted by Gasteiger charge is -2.23. The van der Waals surface area contributed by atoms with Gasteiger partial charge in [-0.15, -0.1) is 0 Å². The molecule has 1 atom stereocenters. The fourth-order valence-electron chi connectivity index (χ4n) is 1.55. The Kier molecular flexibility index (Phi) is 2.90. The molecule has 0 aromatic carbocycles. The lowest BCUT2D eigenvalue weighted by Crippen LogP contribution is -2.42. The Hall–Kier alpha value is -0.930. The number of hydrogen-bond donors (Lipinski definition) is 1. The molecule has 1 N–H and O–H groups in total. The number of hydrogen-bond acceptors (Lipinski definition) is 3. The van der Waals surface area contributed by atoms with Gasteiger partial charge in [0.05, 0.1) is 13.2 Å². The lowest BCUT2D eigenvalue weighted by atomic mass is 10.1. The first-order valence-corrected chi connectivity index (χ1v) is 4.65. The Bertz CT molecular complexity index is 244. The number of pyridine rings is 1. The molecule has 1 aromatic heterocycles. The topological polar surface area (TPSA) is 34.1 Å². The van der Waals surface area contributed by atoms with Crippen molar-refractivity contribution >= 4 is 0 Å². The standard InChI is InChI=1S/C10H14N2O/c1-2-9(7-11-3-1)6-10-8-13-5-4-12-10/h1-3,7,10,12H,4-6,8H2. The highest BCUT2D eigenvalue weighted by molar-refractivity contribution is 5.10. The van der Waals surface area contributed by atoms with E-state index < -0.39 is 0 Å². The van der Waals surface area contributed by atoms with Crippen molar-refractivity contribution in [1.29, 1.82) is 0 Å². The molecule has 0 saturated carbocycles. The second-order valence-corrected chi connectivity index (χ2v) is 3.29. The number of nitrogens with zero attached hydrogens (tertiary/aromatic N) is 1. The van der Waals surface area contributed by atoms with Crippen molar-refractivity contribution < 1.29 is 4.74 Å². The molecule has 3 nitrogen and oxygen atoms in total. The van der Waals surface area contributed by atoms with Crippen LogP contribution < -0.4 is 5.32 Å². The van der Waals surface area contributed by atoms with Gasteiger partial charge < -0.3 is 10.1 Å². The van der Waals surface area contributed by atoms with Crippen LogP contribution >= 0.6 is 0 Å². The van der Waals surface area contributed by atoms with E-state index in [2.05, 4.69) is 16.4 Å². The van der Waals surface area contributed by atoms with Crippen LogP contribution in [-0.2, 0) is 11.2 Å². The summed E-state index contributed by atoms with van der Waals surface area (Å²) in [5.74, 6) is 0. The minimum absolute atomic E-state index is 0.456. The molecule has 1 unspecified atom stereocenters. The van der Waals surface area contributed by atoms with Gasteiger partial charge in [-0.05, 0) is 18.1 Å². The highest BCUT2D eigenvalue weighted by atomic mass is 16.5. The van der Waals surface area contributed by atoms with Gasteiger partial charge in [0.15, 0.2) is 0 Å². The first kappa shape index (κ1) is 8.66. The highest BCUT2D eigenvalue weighted by Gasteiger charge is 2.12. The molecule has 2 heterocycles. The van der Waals surface area contributed by atoms with Gasteiger partial charge >= 0.3 is 0 Å². The van der Waals surface area contributed by atoms with E-state index in [1.165, 1.54) is 5.56 Å². The largest absolute Gasteiger partial charge is 0.379 e. The summed E-state index contributed by atoms with van der Waals surface area (Å²) in [5, 5.41) is 3.41. The zero-order valence-corrected chi connectivity index (χ0v) is 7.57. The van der Waals surface area contributed by atoms with Crippen molar-refractivity contribution in [2.24, 2.45) is 0 Å². The number of ether oxygens (including phenoxy) is 1. The van der Waals surface area contributed by atoms with E-state index in [-0.39, 0.29) is 0 Å². The van der Waals surface area contributed by atoms with Crippen LogP contribution in [0.15, 0.2) is 24.5 Å². The summed E-state index contributed by atoms with van der Waals surface area (Å²) in [4.78, 5) is 4.08. The third kappa shape index (κ3) is 2.50. The van der Waals surface area contributed by atoms with E-state index in [0.717, 1.165) is 26.2 Å². The molecule has 2 rings (SSSR count). The average molecular weight is 178 g/mol. The van der Waals surface area contributed by atoms with Crippen LogP contribution in [0.1, 0.15) is 5.56 Å². The monoisotopic (exact) mass is 178 g/mol. The molecule has 0 bridgehead atoms. The van der Waals surface area contributed by atoms with E-state index in [1.807, 2.05) is 12.3 Å². The highest BCUT2D eigenvalue weighted by Crippen LogP contribution is 2.03. The minimum atomic E-state index is 0.456. The molecule has 13 heavy (non-hydrogen) atoms. The summed E-state index contributed by atoms with van der Waals surface area (Å²) in [6, 6.07) is 4.53. The molecule has 0 amide bonds. The molecule has 1 aliphatic rings. The van der Waals surface area contributed by atoms with E-state index in [0.29, 0.717) is 6.04 Å². The number of rotatable bonds is 2. The van der Waals surface area contributed by atoms with Crippen molar-refractivity contribution in [3.05, 3.63) is 30.1 Å². The molecule has 1 aliphatic heterocycles. The van der Waals surface area contributed by atoms with E-state index in [1.54, 1.807) is 6.20 Å². The Morgan fingerprint density at radius 2 is 2.62 bits per heavy atom. The fraction of sp³-hybridized carbons (Fsp3) is 0.500. The van der Waals surface area contributed by atoms with Crippen LogP contribution in [0.4, 0.5) is 0 Å². The zero-order valence-electron chi connectivity index (χ0n) is 7.57. The molecule has 0 spiro atoms. The summed E-state index contributed by atoms with van der Waals surface area (Å²) < 4.78 is 5.37. The quantitative estimate of drug-likeness (QED) is 0.720. The number of nitrogens with one attached hydrogen (secondary N) is 1. The predicted octanol–water partition coefficient (Wildman–Crippen LogP) is 0.612. The van der Waals surface area contributed by atoms with E-state index in [4.69, 9.17) is 4.74 Å². The molecule has 1 saturated heterocycles. The van der Waals surface area contributed by atoms with Crippen molar-refractivity contribution in [2.45, 2.75) is 12.5 Å². The molecular formula is C10H14N2O. The summed E-state index contributed by atoms with van der Waals surface area (Å²) in [7, 11) is 0. The third-order valence-electron chi connectivity index (χ3n) is 2.20. The number of aromatic nitrogens is 1. The normalized spacial score (nSPS) is 22.9. The molecule has 1 aromatic rings. The summed E-state index contributed by atoms with van der Waals surface area (Å²) >= 11 is 0. The van der Waals surface area contributed by atoms with Gasteiger partial charge in [-0.2, -0.15) is 0 Å². The summed E-state index contributed by atoms with van der Waals surface area (Å²) in [6.07, 6.45) is 4.72. The third-order valence-corrected chi connectivity index (χ3v) is 2.20. The second-order valence-electron chi connectivity index (χ2n) is 3.29. The van der Waals surface area contributed by atoms with E-state index in [9.17, 15) is 0 Å². The first-order valence-electron chi connectivity index (χ1n) is 4.65. The van der Waals surface area contributed by atoms with Crippen molar-refractivity contribution in [2.75, 3.05) is 19.8 Å². The molecule has 3 heteroatoms. The maximum atomic E-state index is 5.37. The Morgan fingerprint density at radius 3 is 3.31 bits per heavy atom. The summed E-state index contributed by atoms with van der Waals surface area (Å²) in [5.41, 5.74) is 1.27. The lowest BCUT2D eigenvalue weighted by molar-refractivity contribution is 0.0770.